The van der Waals surface area contributed by atoms with E-state index in [9.17, 15) is 18.0 Å². The number of carbonyl (C=O) groups is 2. The van der Waals surface area contributed by atoms with Crippen LogP contribution >= 0.6 is 0 Å². The summed E-state index contributed by atoms with van der Waals surface area (Å²) in [5.41, 5.74) is 1.76. The number of nitrogens with one attached hydrogen (secondary N) is 1. The number of ether oxygens (including phenoxy) is 2. The summed E-state index contributed by atoms with van der Waals surface area (Å²) in [6.07, 6.45) is -0.598. The highest BCUT2D eigenvalue weighted by Crippen LogP contribution is 2.30. The zero-order valence-corrected chi connectivity index (χ0v) is 19.5. The lowest BCUT2D eigenvalue weighted by atomic mass is 9.83. The van der Waals surface area contributed by atoms with Gasteiger partial charge in [-0.2, -0.15) is 8.42 Å². The summed E-state index contributed by atoms with van der Waals surface area (Å²) in [7, 11) is -3.98. The fraction of sp³-hybridized carbons (Fsp3) is 0.417. The highest BCUT2D eigenvalue weighted by Gasteiger charge is 2.39. The number of alkyl carbamates (subject to hydrolysis) is 1. The predicted octanol–water partition coefficient (Wildman–Crippen LogP) is 3.73. The Morgan fingerprint density at radius 3 is 2.36 bits per heavy atom. The Balaban J connectivity index is 1.66. The van der Waals surface area contributed by atoms with Crippen LogP contribution in [0.2, 0.25) is 0 Å². The van der Waals surface area contributed by atoms with Gasteiger partial charge in [0.2, 0.25) is 0 Å². The molecule has 0 spiro atoms. The normalized spacial score (nSPS) is 20.6. The van der Waals surface area contributed by atoms with Gasteiger partial charge in [0.25, 0.3) is 10.1 Å². The van der Waals surface area contributed by atoms with Gasteiger partial charge in [-0.25, -0.2) is 4.79 Å². The molecule has 1 saturated carbocycles. The van der Waals surface area contributed by atoms with Gasteiger partial charge < -0.3 is 14.8 Å². The summed E-state index contributed by atoms with van der Waals surface area (Å²) < 4.78 is 41.3. The molecule has 0 unspecified atom stereocenters. The minimum absolute atomic E-state index is 0.0624. The molecule has 178 valence electrons. The number of esters is 1. The van der Waals surface area contributed by atoms with Gasteiger partial charge in [0.1, 0.15) is 6.61 Å². The monoisotopic (exact) mass is 475 g/mol. The van der Waals surface area contributed by atoms with Crippen LogP contribution in [0.4, 0.5) is 4.79 Å². The maximum absolute atomic E-state index is 12.7. The van der Waals surface area contributed by atoms with E-state index in [0.717, 1.165) is 11.1 Å². The maximum Gasteiger partial charge on any atom is 0.407 e. The topological polar surface area (TPSA) is 108 Å². The third kappa shape index (κ3) is 7.03. The van der Waals surface area contributed by atoms with Crippen LogP contribution in [-0.4, -0.2) is 39.2 Å². The van der Waals surface area contributed by atoms with Gasteiger partial charge in [0, 0.05) is 6.04 Å². The third-order valence-corrected chi connectivity index (χ3v) is 6.85. The highest BCUT2D eigenvalue weighted by atomic mass is 32.2. The van der Waals surface area contributed by atoms with Crippen molar-refractivity contribution in [3.05, 3.63) is 65.7 Å². The number of amides is 1. The first-order chi connectivity index (χ1) is 15.8. The fourth-order valence-corrected chi connectivity index (χ4v) is 4.88. The van der Waals surface area contributed by atoms with E-state index in [0.29, 0.717) is 12.8 Å². The number of rotatable bonds is 8. The first-order valence-corrected chi connectivity index (χ1v) is 12.3. The average Bonchev–Trinajstić information content (AvgIpc) is 2.79. The van der Waals surface area contributed by atoms with E-state index in [2.05, 4.69) is 5.32 Å². The first-order valence-electron chi connectivity index (χ1n) is 10.9. The molecule has 9 heteroatoms. The standard InChI is InChI=1S/C24H29NO7S/c1-3-30-23(26)21-14-11-19(32-33(28,29)20-12-9-17(2)10-13-20)15-22(21)25-24(27)31-16-18-7-5-4-6-8-18/h4-10,12-13,19,21-22H,3,11,14-16H2,1-2H3,(H,25,27)/t19-,21+,22-/m0/s1. The second kappa shape index (κ2) is 11.3. The maximum atomic E-state index is 12.7. The average molecular weight is 476 g/mol. The Bertz CT molecular complexity index is 1040. The van der Waals surface area contributed by atoms with Gasteiger partial charge in [-0.05, 0) is 50.8 Å². The SMILES string of the molecule is CCOC(=O)[C@@H]1CC[C@H](OS(=O)(=O)c2ccc(C)cc2)C[C@@H]1NC(=O)OCc1ccccc1. The fourth-order valence-electron chi connectivity index (χ4n) is 3.77. The lowest BCUT2D eigenvalue weighted by molar-refractivity contribution is -0.150. The van der Waals surface area contributed by atoms with Crippen molar-refractivity contribution in [2.45, 2.75) is 56.8 Å². The number of benzene rings is 2. The highest BCUT2D eigenvalue weighted by molar-refractivity contribution is 7.86. The van der Waals surface area contributed by atoms with E-state index in [1.54, 1.807) is 19.1 Å². The molecule has 2 aromatic rings. The molecule has 2 aromatic carbocycles. The molecule has 8 nitrogen and oxygen atoms in total. The summed E-state index contributed by atoms with van der Waals surface area (Å²) >= 11 is 0. The van der Waals surface area contributed by atoms with E-state index < -0.39 is 40.2 Å². The molecule has 1 fully saturated rings. The van der Waals surface area contributed by atoms with Crippen molar-refractivity contribution in [2.75, 3.05) is 6.61 Å². The molecule has 33 heavy (non-hydrogen) atoms. The van der Waals surface area contributed by atoms with Crippen molar-refractivity contribution < 1.29 is 31.7 Å². The Hall–Kier alpha value is -2.91. The Labute approximate surface area is 194 Å². The molecule has 0 aromatic heterocycles. The molecular formula is C24H29NO7S. The van der Waals surface area contributed by atoms with Gasteiger partial charge >= 0.3 is 12.1 Å². The van der Waals surface area contributed by atoms with E-state index in [1.807, 2.05) is 37.3 Å². The summed E-state index contributed by atoms with van der Waals surface area (Å²) in [5, 5.41) is 2.70. The van der Waals surface area contributed by atoms with E-state index in [4.69, 9.17) is 13.7 Å². The minimum Gasteiger partial charge on any atom is -0.466 e. The van der Waals surface area contributed by atoms with Crippen molar-refractivity contribution in [1.29, 1.82) is 0 Å². The molecule has 1 N–H and O–H groups in total. The van der Waals surface area contributed by atoms with Crippen molar-refractivity contribution in [1.82, 2.24) is 5.32 Å². The first kappa shape index (κ1) is 24.7. The molecule has 0 heterocycles. The van der Waals surface area contributed by atoms with Crippen LogP contribution in [0.25, 0.3) is 0 Å². The smallest absolute Gasteiger partial charge is 0.407 e. The van der Waals surface area contributed by atoms with Crippen LogP contribution in [0.3, 0.4) is 0 Å². The molecule has 3 rings (SSSR count). The van der Waals surface area contributed by atoms with E-state index >= 15 is 0 Å². The molecule has 3 atom stereocenters. The van der Waals surface area contributed by atoms with Gasteiger partial charge in [0.05, 0.1) is 23.5 Å². The third-order valence-electron chi connectivity index (χ3n) is 5.48. The van der Waals surface area contributed by atoms with Crippen LogP contribution < -0.4 is 5.32 Å². The van der Waals surface area contributed by atoms with Crippen LogP contribution in [0.5, 0.6) is 0 Å². The largest absolute Gasteiger partial charge is 0.466 e. The van der Waals surface area contributed by atoms with E-state index in [-0.39, 0.29) is 24.5 Å². The number of carbonyl (C=O) groups excluding carboxylic acids is 2. The van der Waals surface area contributed by atoms with Crippen LogP contribution in [0.1, 0.15) is 37.3 Å². The summed E-state index contributed by atoms with van der Waals surface area (Å²) in [6, 6.07) is 14.9. The van der Waals surface area contributed by atoms with Crippen molar-refractivity contribution in [3.63, 3.8) is 0 Å². The quantitative estimate of drug-likeness (QED) is 0.458. The Kier molecular flexibility index (Phi) is 8.46. The molecule has 1 amide bonds. The second-order valence-corrected chi connectivity index (χ2v) is 9.54. The van der Waals surface area contributed by atoms with Crippen LogP contribution in [0.15, 0.2) is 59.5 Å². The summed E-state index contributed by atoms with van der Waals surface area (Å²) in [4.78, 5) is 24.9. The lowest BCUT2D eigenvalue weighted by Gasteiger charge is -2.34. The molecule has 0 aliphatic heterocycles. The summed E-state index contributed by atoms with van der Waals surface area (Å²) in [5.74, 6) is -1.05. The van der Waals surface area contributed by atoms with Gasteiger partial charge in [-0.3, -0.25) is 8.98 Å². The van der Waals surface area contributed by atoms with Crippen molar-refractivity contribution in [2.24, 2.45) is 5.92 Å². The van der Waals surface area contributed by atoms with Crippen molar-refractivity contribution >= 4 is 22.2 Å². The second-order valence-electron chi connectivity index (χ2n) is 7.97. The van der Waals surface area contributed by atoms with Crippen molar-refractivity contribution in [3.8, 4) is 0 Å². The zero-order valence-electron chi connectivity index (χ0n) is 18.7. The Morgan fingerprint density at radius 1 is 1.00 bits per heavy atom. The Morgan fingerprint density at radius 2 is 1.70 bits per heavy atom. The molecule has 0 saturated heterocycles. The zero-order chi connectivity index (χ0) is 23.8. The minimum atomic E-state index is -3.98. The van der Waals surface area contributed by atoms with Gasteiger partial charge in [-0.1, -0.05) is 48.0 Å². The molecule has 0 bridgehead atoms. The van der Waals surface area contributed by atoms with Crippen LogP contribution in [-0.2, 0) is 35.2 Å². The van der Waals surface area contributed by atoms with Gasteiger partial charge in [0.15, 0.2) is 0 Å². The molecule has 1 aliphatic carbocycles. The lowest BCUT2D eigenvalue weighted by Crippen LogP contribution is -2.49. The summed E-state index contributed by atoms with van der Waals surface area (Å²) in [6.45, 7) is 3.85. The molecule has 0 radical (unpaired) electrons. The number of hydrogen-bond acceptors (Lipinski definition) is 7. The predicted molar refractivity (Wildman–Crippen MR) is 121 cm³/mol. The number of aryl methyl sites for hydroxylation is 1. The molecule has 1 aliphatic rings. The van der Waals surface area contributed by atoms with Crippen LogP contribution in [0, 0.1) is 12.8 Å². The van der Waals surface area contributed by atoms with E-state index in [1.165, 1.54) is 12.1 Å². The number of hydrogen-bond donors (Lipinski definition) is 1. The van der Waals surface area contributed by atoms with Gasteiger partial charge in [-0.15, -0.1) is 0 Å². The molecular weight excluding hydrogens is 446 g/mol.